The fourth-order valence-corrected chi connectivity index (χ4v) is 7.95. The number of unbranched alkanes of at least 4 members (excludes halogenated alkanes) is 4. The van der Waals surface area contributed by atoms with Crippen LogP contribution in [0.15, 0.2) is 29.3 Å². The lowest BCUT2D eigenvalue weighted by atomic mass is 9.79. The second kappa shape index (κ2) is 32.5. The number of carbonyl (C=O) groups is 3. The van der Waals surface area contributed by atoms with Gasteiger partial charge in [-0.1, -0.05) is 115 Å². The predicted octanol–water partition coefficient (Wildman–Crippen LogP) is 10.7. The summed E-state index contributed by atoms with van der Waals surface area (Å²) in [5.41, 5.74) is 9.96. The van der Waals surface area contributed by atoms with Gasteiger partial charge in [0, 0.05) is 32.6 Å². The topological polar surface area (TPSA) is 85.4 Å². The van der Waals surface area contributed by atoms with Gasteiger partial charge in [-0.15, -0.1) is 0 Å². The molecule has 8 nitrogen and oxygen atoms in total. The number of hydrogen-bond donors (Lipinski definition) is 0. The zero-order valence-corrected chi connectivity index (χ0v) is 35.6. The molecule has 55 heavy (non-hydrogen) atoms. The number of esters is 3. The average molecular weight is 769 g/mol. The van der Waals surface area contributed by atoms with Crippen molar-refractivity contribution in [3.05, 3.63) is 29.3 Å². The first-order valence-corrected chi connectivity index (χ1v) is 22.7. The minimum absolute atomic E-state index is 0.00348. The third-order valence-corrected chi connectivity index (χ3v) is 11.4. The molecule has 314 valence electrons. The predicted molar refractivity (Wildman–Crippen MR) is 224 cm³/mol. The summed E-state index contributed by atoms with van der Waals surface area (Å²) < 4.78 is 17.7. The molecule has 0 radical (unpaired) electrons. The highest BCUT2D eigenvalue weighted by molar-refractivity contribution is 5.71. The van der Waals surface area contributed by atoms with E-state index in [2.05, 4.69) is 54.5 Å². The number of likely N-dealkylation sites (N-methyl/N-ethyl adjacent to an activating group) is 1. The van der Waals surface area contributed by atoms with Gasteiger partial charge < -0.3 is 24.0 Å². The number of nitrogens with zero attached hydrogens (tertiary/aromatic N) is 2. The zero-order valence-electron chi connectivity index (χ0n) is 35.6. The molecule has 0 N–H and O–H groups in total. The number of piperazine rings is 1. The minimum atomic E-state index is -0.181. The third kappa shape index (κ3) is 24.6. The van der Waals surface area contributed by atoms with E-state index < -0.39 is 0 Å². The van der Waals surface area contributed by atoms with Crippen molar-refractivity contribution in [3.8, 4) is 0 Å². The maximum absolute atomic E-state index is 13.2. The minimum Gasteiger partial charge on any atom is -0.466 e. The van der Waals surface area contributed by atoms with E-state index in [4.69, 9.17) is 14.2 Å². The van der Waals surface area contributed by atoms with Gasteiger partial charge in [0.25, 0.3) is 0 Å². The molecule has 0 saturated carbocycles. The van der Waals surface area contributed by atoms with Crippen LogP contribution in [0.5, 0.6) is 0 Å². The van der Waals surface area contributed by atoms with Gasteiger partial charge in [-0.25, -0.2) is 0 Å². The molecule has 2 fully saturated rings. The van der Waals surface area contributed by atoms with Gasteiger partial charge >= 0.3 is 17.9 Å². The molecule has 0 aliphatic carbocycles. The first kappa shape index (κ1) is 48.6. The highest BCUT2D eigenvalue weighted by atomic mass is 16.5. The van der Waals surface area contributed by atoms with E-state index in [1.165, 1.54) is 0 Å². The van der Waals surface area contributed by atoms with E-state index in [1.54, 1.807) is 0 Å². The molecule has 2 heterocycles. The smallest absolute Gasteiger partial charge is 0.306 e. The molecule has 0 aromatic heterocycles. The van der Waals surface area contributed by atoms with Crippen LogP contribution >= 0.6 is 0 Å². The lowest BCUT2D eigenvalue weighted by Crippen LogP contribution is -2.44. The van der Waals surface area contributed by atoms with Crippen LogP contribution in [0.1, 0.15) is 181 Å². The van der Waals surface area contributed by atoms with E-state index in [-0.39, 0.29) is 48.7 Å². The third-order valence-electron chi connectivity index (χ3n) is 11.4. The van der Waals surface area contributed by atoms with Crippen LogP contribution < -0.4 is 0 Å². The summed E-state index contributed by atoms with van der Waals surface area (Å²) in [6.45, 7) is 14.3. The Morgan fingerprint density at radius 2 is 1.20 bits per heavy atom. The van der Waals surface area contributed by atoms with Crippen LogP contribution in [0.3, 0.4) is 0 Å². The number of rotatable bonds is 13. The van der Waals surface area contributed by atoms with Crippen molar-refractivity contribution in [1.29, 1.82) is 0 Å². The van der Waals surface area contributed by atoms with E-state index in [1.807, 2.05) is 0 Å². The van der Waals surface area contributed by atoms with Gasteiger partial charge in [0.15, 0.2) is 0 Å². The van der Waals surface area contributed by atoms with Crippen LogP contribution in [0.25, 0.3) is 0 Å². The molecule has 2 saturated heterocycles. The fraction of sp³-hybridized carbons (Fsp3) is 0.830. The highest BCUT2D eigenvalue weighted by Crippen LogP contribution is 2.33. The summed E-state index contributed by atoms with van der Waals surface area (Å²) in [4.78, 5) is 44.2. The molecule has 2 atom stereocenters. The molecule has 0 amide bonds. The van der Waals surface area contributed by atoms with Crippen molar-refractivity contribution in [2.75, 3.05) is 53.0 Å². The Morgan fingerprint density at radius 3 is 1.69 bits per heavy atom. The molecule has 2 aliphatic rings. The average Bonchev–Trinajstić information content (AvgIpc) is 3.16. The lowest BCUT2D eigenvalue weighted by Gasteiger charge is -2.32. The van der Waals surface area contributed by atoms with Crippen molar-refractivity contribution < 1.29 is 28.6 Å². The van der Waals surface area contributed by atoms with Crippen molar-refractivity contribution in [3.63, 3.8) is 0 Å². The number of carbonyl (C=O) groups excluding carboxylic acids is 3. The molecule has 2 unspecified atom stereocenters. The van der Waals surface area contributed by atoms with E-state index in [0.29, 0.717) is 19.6 Å². The molecule has 8 heteroatoms. The summed E-state index contributed by atoms with van der Waals surface area (Å²) in [7, 11) is 2.17. The number of allylic oxidation sites excluding steroid dienone is 1. The number of cyclic esters (lactones) is 2. The molecule has 2 rings (SSSR count). The number of hydrogen-bond acceptors (Lipinski definition) is 8. The summed E-state index contributed by atoms with van der Waals surface area (Å²) in [5.74, 6) is -0.537. The molecular weight excluding hydrogens is 689 g/mol. The summed E-state index contributed by atoms with van der Waals surface area (Å²) in [6, 6.07) is 0. The monoisotopic (exact) mass is 769 g/mol. The van der Waals surface area contributed by atoms with Gasteiger partial charge in [0.2, 0.25) is 0 Å². The van der Waals surface area contributed by atoms with Crippen LogP contribution in [0.2, 0.25) is 0 Å². The molecule has 2 aliphatic heterocycles. The normalized spacial score (nSPS) is 23.4. The van der Waals surface area contributed by atoms with Crippen LogP contribution in [0, 0.1) is 11.8 Å². The maximum atomic E-state index is 13.2. The Morgan fingerprint density at radius 1 is 0.709 bits per heavy atom. The van der Waals surface area contributed by atoms with E-state index in [0.717, 1.165) is 186 Å². The quantitative estimate of drug-likeness (QED) is 0.0792. The van der Waals surface area contributed by atoms with Crippen molar-refractivity contribution in [2.24, 2.45) is 11.8 Å². The van der Waals surface area contributed by atoms with E-state index >= 15 is 0 Å². The van der Waals surface area contributed by atoms with E-state index in [9.17, 15) is 14.4 Å². The zero-order chi connectivity index (χ0) is 39.8. The van der Waals surface area contributed by atoms with Crippen LogP contribution in [0.4, 0.5) is 0 Å². The second-order valence-electron chi connectivity index (χ2n) is 16.3. The van der Waals surface area contributed by atoms with Gasteiger partial charge in [-0.2, -0.15) is 0 Å². The Kier molecular flexibility index (Phi) is 28.7. The first-order chi connectivity index (χ1) is 26.9. The SMILES string of the molecule is C=C=C=C=C1C(CCCCC)CC(=O)OCCCCCCCCC(OC(=O)CCCN2CCN(C)CC2)CCCCCCCCOC(=O)CC1CCCCC. The standard InChI is InChI=1S/C47H80N2O6/c1-5-8-19-26-41-39-46(51)53-37-23-17-13-11-15-21-28-43(55-45(50)31-25-32-49-35-33-48(4)34-36-49)29-22-16-12-14-18-24-38-54-47(52)40-42(27-20-9-6-2)44(41)30-10-7-3/h41-43H,3,5-6,8-9,11-29,31-40H2,1-2,4H3. The molecular formula is C47H80N2O6. The Balaban J connectivity index is 2.00. The Labute approximate surface area is 336 Å². The van der Waals surface area contributed by atoms with Gasteiger partial charge in [-0.3, -0.25) is 14.4 Å². The van der Waals surface area contributed by atoms with Crippen molar-refractivity contribution >= 4 is 17.9 Å². The Hall–Kier alpha value is -2.59. The van der Waals surface area contributed by atoms with Crippen molar-refractivity contribution in [2.45, 2.75) is 187 Å². The van der Waals surface area contributed by atoms with Crippen LogP contribution in [-0.4, -0.2) is 86.8 Å². The van der Waals surface area contributed by atoms with Crippen LogP contribution in [-0.2, 0) is 28.6 Å². The molecule has 0 bridgehead atoms. The van der Waals surface area contributed by atoms with Crippen molar-refractivity contribution in [1.82, 2.24) is 9.80 Å². The van der Waals surface area contributed by atoms with Gasteiger partial charge in [-0.05, 0) is 101 Å². The van der Waals surface area contributed by atoms with Gasteiger partial charge in [0.05, 0.1) is 26.1 Å². The maximum Gasteiger partial charge on any atom is 0.306 e. The number of ether oxygens (including phenoxy) is 3. The summed E-state index contributed by atoms with van der Waals surface area (Å²) >= 11 is 0. The largest absolute Gasteiger partial charge is 0.466 e. The second-order valence-corrected chi connectivity index (χ2v) is 16.3. The highest BCUT2D eigenvalue weighted by Gasteiger charge is 2.28. The molecule has 0 spiro atoms. The molecule has 0 aromatic carbocycles. The molecule has 0 aromatic rings. The first-order valence-electron chi connectivity index (χ1n) is 22.7. The summed E-state index contributed by atoms with van der Waals surface area (Å²) in [6.07, 6.45) is 24.5. The Bertz CT molecular complexity index is 1110. The lowest BCUT2D eigenvalue weighted by molar-refractivity contribution is -0.150. The van der Waals surface area contributed by atoms with Gasteiger partial charge in [0.1, 0.15) is 6.10 Å². The fourth-order valence-electron chi connectivity index (χ4n) is 7.95. The summed E-state index contributed by atoms with van der Waals surface area (Å²) in [5, 5.41) is 0.